The maximum atomic E-state index is 12.2. The summed E-state index contributed by atoms with van der Waals surface area (Å²) in [5.41, 5.74) is 2.99. The van der Waals surface area contributed by atoms with Gasteiger partial charge in [0.1, 0.15) is 12.4 Å². The van der Waals surface area contributed by atoms with Crippen molar-refractivity contribution in [3.8, 4) is 0 Å². The summed E-state index contributed by atoms with van der Waals surface area (Å²) < 4.78 is 1.92. The minimum Gasteiger partial charge on any atom is -0.344 e. The first kappa shape index (κ1) is 14.9. The second-order valence-electron chi connectivity index (χ2n) is 5.07. The van der Waals surface area contributed by atoms with Gasteiger partial charge in [-0.15, -0.1) is 11.6 Å². The number of carbonyl (C=O) groups is 1. The number of imidazole rings is 1. The lowest BCUT2D eigenvalue weighted by molar-refractivity contribution is -0.130. The number of alkyl halides is 1. The van der Waals surface area contributed by atoms with Crippen LogP contribution in [0.1, 0.15) is 30.6 Å². The number of amides is 1. The van der Waals surface area contributed by atoms with Crippen molar-refractivity contribution in [1.29, 1.82) is 0 Å². The van der Waals surface area contributed by atoms with Gasteiger partial charge in [-0.05, 0) is 38.5 Å². The fraction of sp³-hybridized carbons (Fsp3) is 0.467. The van der Waals surface area contributed by atoms with Crippen LogP contribution in [0, 0.1) is 6.92 Å². The number of nitrogens with zero attached hydrogens (tertiary/aromatic N) is 3. The van der Waals surface area contributed by atoms with E-state index < -0.39 is 0 Å². The molecule has 0 aliphatic heterocycles. The summed E-state index contributed by atoms with van der Waals surface area (Å²) in [7, 11) is 1.80. The lowest BCUT2D eigenvalue weighted by Gasteiger charge is -2.17. The summed E-state index contributed by atoms with van der Waals surface area (Å²) in [4.78, 5) is 18.4. The first-order valence-corrected chi connectivity index (χ1v) is 7.22. The number of fused-ring (bicyclic) bond motifs is 1. The van der Waals surface area contributed by atoms with Crippen LogP contribution in [-0.4, -0.2) is 34.0 Å². The Bertz CT molecular complexity index is 633. The summed E-state index contributed by atoms with van der Waals surface area (Å²) in [5.74, 6) is 0.802. The predicted octanol–water partition coefficient (Wildman–Crippen LogP) is 3.12. The molecule has 20 heavy (non-hydrogen) atoms. The van der Waals surface area contributed by atoms with Gasteiger partial charge in [0, 0.05) is 13.6 Å². The lowest BCUT2D eigenvalue weighted by atomic mass is 10.2. The third-order valence-electron chi connectivity index (χ3n) is 3.48. The van der Waals surface area contributed by atoms with E-state index in [0.717, 1.165) is 22.4 Å². The zero-order valence-corrected chi connectivity index (χ0v) is 13.1. The molecule has 0 N–H and O–H groups in total. The number of hydrogen-bond acceptors (Lipinski definition) is 2. The number of benzene rings is 1. The minimum absolute atomic E-state index is 0.0611. The van der Waals surface area contributed by atoms with E-state index >= 15 is 0 Å². The van der Waals surface area contributed by atoms with Gasteiger partial charge >= 0.3 is 0 Å². The molecule has 0 aliphatic carbocycles. The van der Waals surface area contributed by atoms with Gasteiger partial charge in [0.15, 0.2) is 0 Å². The summed E-state index contributed by atoms with van der Waals surface area (Å²) in [5, 5.41) is -0.234. The maximum Gasteiger partial charge on any atom is 0.242 e. The number of likely N-dealkylation sites (N-methyl/N-ethyl adjacent to an activating group) is 1. The topological polar surface area (TPSA) is 38.1 Å². The van der Waals surface area contributed by atoms with E-state index in [-0.39, 0.29) is 17.8 Å². The van der Waals surface area contributed by atoms with Crippen LogP contribution in [0.15, 0.2) is 18.2 Å². The maximum absolute atomic E-state index is 12.2. The molecule has 1 unspecified atom stereocenters. The molecule has 0 fully saturated rings. The van der Waals surface area contributed by atoms with E-state index in [1.807, 2.05) is 43.5 Å². The molecule has 2 rings (SSSR count). The van der Waals surface area contributed by atoms with Crippen molar-refractivity contribution >= 4 is 28.5 Å². The summed E-state index contributed by atoms with van der Waals surface area (Å²) in [6.45, 7) is 6.82. The van der Waals surface area contributed by atoms with E-state index in [4.69, 9.17) is 11.6 Å². The summed E-state index contributed by atoms with van der Waals surface area (Å²) in [6, 6.07) is 6.04. The molecule has 1 amide bonds. The van der Waals surface area contributed by atoms with Crippen molar-refractivity contribution in [2.75, 3.05) is 13.6 Å². The van der Waals surface area contributed by atoms with E-state index in [1.54, 1.807) is 11.9 Å². The Morgan fingerprint density at radius 2 is 2.20 bits per heavy atom. The summed E-state index contributed by atoms with van der Waals surface area (Å²) >= 11 is 6.21. The SMILES string of the molecule is CCN(C)C(=O)Cn1c(C(C)Cl)nc2cc(C)ccc21. The molecular formula is C15H20ClN3O. The molecule has 0 spiro atoms. The Hall–Kier alpha value is -1.55. The molecule has 0 aliphatic rings. The second-order valence-corrected chi connectivity index (χ2v) is 5.73. The van der Waals surface area contributed by atoms with Gasteiger partial charge in [0.25, 0.3) is 0 Å². The van der Waals surface area contributed by atoms with Crippen LogP contribution in [0.25, 0.3) is 11.0 Å². The van der Waals surface area contributed by atoms with Gasteiger partial charge in [-0.3, -0.25) is 4.79 Å². The van der Waals surface area contributed by atoms with Crippen LogP contribution in [0.3, 0.4) is 0 Å². The third-order valence-corrected chi connectivity index (χ3v) is 3.68. The van der Waals surface area contributed by atoms with Crippen LogP contribution in [0.4, 0.5) is 0 Å². The first-order valence-electron chi connectivity index (χ1n) is 6.78. The van der Waals surface area contributed by atoms with Crippen LogP contribution >= 0.6 is 11.6 Å². The lowest BCUT2D eigenvalue weighted by Crippen LogP contribution is -2.30. The van der Waals surface area contributed by atoms with Gasteiger partial charge in [0.2, 0.25) is 5.91 Å². The highest BCUT2D eigenvalue weighted by Crippen LogP contribution is 2.25. The van der Waals surface area contributed by atoms with E-state index in [9.17, 15) is 4.79 Å². The highest BCUT2D eigenvalue weighted by molar-refractivity contribution is 6.20. The molecule has 0 saturated heterocycles. The third kappa shape index (κ3) is 2.80. The minimum atomic E-state index is -0.234. The average molecular weight is 294 g/mol. The fourth-order valence-electron chi connectivity index (χ4n) is 2.16. The Morgan fingerprint density at radius 3 is 2.80 bits per heavy atom. The van der Waals surface area contributed by atoms with Crippen LogP contribution < -0.4 is 0 Å². The number of rotatable bonds is 4. The molecule has 1 aromatic carbocycles. The Morgan fingerprint density at radius 1 is 1.50 bits per heavy atom. The Labute approximate surface area is 124 Å². The molecule has 0 saturated carbocycles. The quantitative estimate of drug-likeness (QED) is 0.812. The Balaban J connectivity index is 2.49. The molecule has 2 aromatic rings. The van der Waals surface area contributed by atoms with Crippen molar-refractivity contribution in [2.24, 2.45) is 0 Å². The van der Waals surface area contributed by atoms with E-state index in [0.29, 0.717) is 6.54 Å². The molecule has 1 heterocycles. The van der Waals surface area contributed by atoms with Crippen LogP contribution in [0.2, 0.25) is 0 Å². The van der Waals surface area contributed by atoms with Crippen molar-refractivity contribution in [2.45, 2.75) is 32.7 Å². The number of halogens is 1. The van der Waals surface area contributed by atoms with E-state index in [2.05, 4.69) is 4.98 Å². The molecule has 0 radical (unpaired) electrons. The van der Waals surface area contributed by atoms with Crippen molar-refractivity contribution in [3.63, 3.8) is 0 Å². The van der Waals surface area contributed by atoms with Gasteiger partial charge in [-0.25, -0.2) is 4.98 Å². The van der Waals surface area contributed by atoms with Gasteiger partial charge in [-0.1, -0.05) is 6.07 Å². The molecule has 108 valence electrons. The average Bonchev–Trinajstić information content (AvgIpc) is 2.75. The smallest absolute Gasteiger partial charge is 0.242 e. The monoisotopic (exact) mass is 293 g/mol. The molecule has 4 nitrogen and oxygen atoms in total. The predicted molar refractivity (Wildman–Crippen MR) is 82.0 cm³/mol. The molecular weight excluding hydrogens is 274 g/mol. The van der Waals surface area contributed by atoms with Gasteiger partial charge in [0.05, 0.1) is 16.4 Å². The van der Waals surface area contributed by atoms with Crippen LogP contribution in [0.5, 0.6) is 0 Å². The number of hydrogen-bond donors (Lipinski definition) is 0. The van der Waals surface area contributed by atoms with Gasteiger partial charge in [-0.2, -0.15) is 0 Å². The van der Waals surface area contributed by atoms with Crippen molar-refractivity contribution in [1.82, 2.24) is 14.5 Å². The zero-order chi connectivity index (χ0) is 14.9. The molecule has 1 aromatic heterocycles. The second kappa shape index (κ2) is 5.83. The normalized spacial score (nSPS) is 12.7. The molecule has 0 bridgehead atoms. The van der Waals surface area contributed by atoms with Gasteiger partial charge < -0.3 is 9.47 Å². The van der Waals surface area contributed by atoms with Crippen molar-refractivity contribution in [3.05, 3.63) is 29.6 Å². The summed E-state index contributed by atoms with van der Waals surface area (Å²) in [6.07, 6.45) is 0. The Kier molecular flexibility index (Phi) is 4.33. The van der Waals surface area contributed by atoms with E-state index in [1.165, 1.54) is 0 Å². The standard InChI is InChI=1S/C15H20ClN3O/c1-5-18(4)14(20)9-19-13-7-6-10(2)8-12(13)17-15(19)11(3)16/h6-8,11H,5,9H2,1-4H3. The fourth-order valence-corrected chi connectivity index (χ4v) is 2.33. The number of aromatic nitrogens is 2. The zero-order valence-electron chi connectivity index (χ0n) is 12.4. The van der Waals surface area contributed by atoms with Crippen LogP contribution in [-0.2, 0) is 11.3 Å². The largest absolute Gasteiger partial charge is 0.344 e. The highest BCUT2D eigenvalue weighted by Gasteiger charge is 2.18. The molecule has 1 atom stereocenters. The molecule has 5 heteroatoms. The van der Waals surface area contributed by atoms with Crippen molar-refractivity contribution < 1.29 is 4.79 Å². The highest BCUT2D eigenvalue weighted by atomic mass is 35.5. The number of carbonyl (C=O) groups excluding carboxylic acids is 1. The first-order chi connectivity index (χ1) is 9.43. The number of aryl methyl sites for hydroxylation is 1.